The summed E-state index contributed by atoms with van der Waals surface area (Å²) in [4.78, 5) is 29.6. The minimum absolute atomic E-state index is 0.206. The molecule has 1 fully saturated rings. The van der Waals surface area contributed by atoms with Crippen molar-refractivity contribution in [1.29, 1.82) is 10.5 Å². The van der Waals surface area contributed by atoms with Crippen molar-refractivity contribution in [3.05, 3.63) is 125 Å². The van der Waals surface area contributed by atoms with Gasteiger partial charge < -0.3 is 9.94 Å². The Hall–Kier alpha value is -5.28. The van der Waals surface area contributed by atoms with Gasteiger partial charge in [0.15, 0.2) is 5.54 Å². The Morgan fingerprint density at radius 1 is 0.909 bits per heavy atom. The molecule has 1 N–H and O–H groups in total. The number of para-hydroxylation sites is 1. The van der Waals surface area contributed by atoms with Gasteiger partial charge in [0.25, 0.3) is 5.91 Å². The van der Waals surface area contributed by atoms with E-state index in [2.05, 4.69) is 0 Å². The number of ether oxygens (including phenoxy) is 1. The van der Waals surface area contributed by atoms with Crippen LogP contribution in [0.25, 0.3) is 10.8 Å². The lowest BCUT2D eigenvalue weighted by molar-refractivity contribution is -0.189. The van der Waals surface area contributed by atoms with E-state index in [1.54, 1.807) is 45.0 Å². The summed E-state index contributed by atoms with van der Waals surface area (Å²) >= 11 is 0. The van der Waals surface area contributed by atoms with E-state index in [-0.39, 0.29) is 11.3 Å². The van der Waals surface area contributed by atoms with Gasteiger partial charge in [0, 0.05) is 17.4 Å². The first-order chi connectivity index (χ1) is 21.1. The van der Waals surface area contributed by atoms with Gasteiger partial charge in [0.1, 0.15) is 23.3 Å². The van der Waals surface area contributed by atoms with Crippen LogP contribution < -0.4 is 4.90 Å². The van der Waals surface area contributed by atoms with Gasteiger partial charge in [0.05, 0.1) is 11.7 Å². The second kappa shape index (κ2) is 10.8. The first kappa shape index (κ1) is 28.8. The Kier molecular flexibility index (Phi) is 7.05. The lowest BCUT2D eigenvalue weighted by Gasteiger charge is -2.35. The minimum Gasteiger partial charge on any atom is -0.443 e. The van der Waals surface area contributed by atoms with Crippen LogP contribution in [0.15, 0.2) is 109 Å². The number of hydrogen-bond acceptors (Lipinski definition) is 7. The third kappa shape index (κ3) is 4.36. The van der Waals surface area contributed by atoms with Crippen LogP contribution in [-0.4, -0.2) is 27.9 Å². The molecule has 0 aromatic heterocycles. The molecule has 4 aromatic rings. The van der Waals surface area contributed by atoms with Crippen LogP contribution in [0.4, 0.5) is 10.5 Å². The molecule has 0 radical (unpaired) electrons. The molecule has 218 valence electrons. The van der Waals surface area contributed by atoms with Crippen LogP contribution >= 0.6 is 0 Å². The molecule has 2 heterocycles. The SMILES string of the molecule is CC(C)(C)OC(=O)N1C(=O)[C@@]2(c3ccccc31)[C@H](C=C(C#N)C#N)[C@@H](c1cccc3ccccc13)[C@H](c1ccccc1)N2O. The van der Waals surface area contributed by atoms with Crippen molar-refractivity contribution in [2.24, 2.45) is 5.92 Å². The number of amides is 2. The molecule has 0 unspecified atom stereocenters. The first-order valence-electron chi connectivity index (χ1n) is 14.3. The van der Waals surface area contributed by atoms with Crippen molar-refractivity contribution in [2.75, 3.05) is 4.90 Å². The summed E-state index contributed by atoms with van der Waals surface area (Å²) in [6.07, 6.45) is 0.597. The van der Waals surface area contributed by atoms with Crippen molar-refractivity contribution >= 4 is 28.5 Å². The Balaban J connectivity index is 1.70. The van der Waals surface area contributed by atoms with Crippen LogP contribution in [0.5, 0.6) is 0 Å². The van der Waals surface area contributed by atoms with E-state index in [1.165, 1.54) is 6.08 Å². The van der Waals surface area contributed by atoms with E-state index in [9.17, 15) is 25.3 Å². The molecular formula is C36H30N4O4. The number of carbonyl (C=O) groups is 2. The summed E-state index contributed by atoms with van der Waals surface area (Å²) in [5.41, 5.74) is -0.798. The summed E-state index contributed by atoms with van der Waals surface area (Å²) < 4.78 is 5.67. The molecule has 8 heteroatoms. The molecule has 1 spiro atoms. The van der Waals surface area contributed by atoms with Crippen molar-refractivity contribution in [3.63, 3.8) is 0 Å². The molecule has 2 aliphatic rings. The quantitative estimate of drug-likeness (QED) is 0.255. The van der Waals surface area contributed by atoms with Crippen LogP contribution in [0.2, 0.25) is 0 Å². The van der Waals surface area contributed by atoms with E-state index in [0.717, 1.165) is 31.9 Å². The maximum atomic E-state index is 14.9. The highest BCUT2D eigenvalue weighted by atomic mass is 16.6. The van der Waals surface area contributed by atoms with Crippen LogP contribution in [-0.2, 0) is 15.1 Å². The van der Waals surface area contributed by atoms with Gasteiger partial charge in [-0.2, -0.15) is 15.6 Å². The molecule has 44 heavy (non-hydrogen) atoms. The summed E-state index contributed by atoms with van der Waals surface area (Å²) in [6.45, 7) is 5.13. The van der Waals surface area contributed by atoms with E-state index >= 15 is 0 Å². The monoisotopic (exact) mass is 582 g/mol. The maximum Gasteiger partial charge on any atom is 0.421 e. The van der Waals surface area contributed by atoms with Gasteiger partial charge in [-0.1, -0.05) is 91.0 Å². The number of anilines is 1. The number of benzene rings is 4. The molecule has 0 saturated carbocycles. The zero-order valence-corrected chi connectivity index (χ0v) is 24.5. The van der Waals surface area contributed by atoms with E-state index in [4.69, 9.17) is 4.74 Å². The van der Waals surface area contributed by atoms with Crippen LogP contribution in [0.1, 0.15) is 49.4 Å². The Morgan fingerprint density at radius 3 is 2.25 bits per heavy atom. The number of rotatable bonds is 3. The molecule has 0 aliphatic carbocycles. The number of hydroxylamine groups is 2. The van der Waals surface area contributed by atoms with Crippen LogP contribution in [0.3, 0.4) is 0 Å². The van der Waals surface area contributed by atoms with Crippen LogP contribution in [0, 0.1) is 28.6 Å². The average molecular weight is 583 g/mol. The molecule has 2 aliphatic heterocycles. The summed E-state index contributed by atoms with van der Waals surface area (Å²) in [6, 6.07) is 32.9. The van der Waals surface area contributed by atoms with Gasteiger partial charge in [-0.05, 0) is 54.8 Å². The normalized spacial score (nSPS) is 22.8. The highest BCUT2D eigenvalue weighted by Gasteiger charge is 2.69. The fourth-order valence-electron chi connectivity index (χ4n) is 6.81. The summed E-state index contributed by atoms with van der Waals surface area (Å²) in [7, 11) is 0. The van der Waals surface area contributed by atoms with Crippen molar-refractivity contribution in [3.8, 4) is 12.1 Å². The standard InChI is InChI=1S/C36H30N4O4/c1-35(2,3)44-34(42)39-30-19-10-9-18-28(30)36(33(39)41)29(20-23(21-37)22-38)31(32(40(36)43)25-13-5-4-6-14-25)27-17-11-15-24-12-7-8-16-26(24)27/h4-20,29,31-32,43H,1-3H3/t29-,31-,32+,36-/m1/s1. The molecule has 8 nitrogen and oxygen atoms in total. The van der Waals surface area contributed by atoms with E-state index < -0.39 is 41.0 Å². The van der Waals surface area contributed by atoms with E-state index in [1.807, 2.05) is 84.9 Å². The molecule has 4 atom stereocenters. The highest BCUT2D eigenvalue weighted by molar-refractivity contribution is 6.21. The topological polar surface area (TPSA) is 118 Å². The van der Waals surface area contributed by atoms with Gasteiger partial charge in [-0.3, -0.25) is 4.79 Å². The third-order valence-corrected chi connectivity index (χ3v) is 8.41. The lowest BCUT2D eigenvalue weighted by atomic mass is 9.71. The summed E-state index contributed by atoms with van der Waals surface area (Å²) in [5.74, 6) is -2.32. The number of carbonyl (C=O) groups excluding carboxylic acids is 2. The van der Waals surface area contributed by atoms with Gasteiger partial charge in [-0.25, -0.2) is 9.69 Å². The van der Waals surface area contributed by atoms with E-state index in [0.29, 0.717) is 5.56 Å². The molecule has 4 aromatic carbocycles. The fraction of sp³-hybridized carbons (Fsp3) is 0.222. The fourth-order valence-corrected chi connectivity index (χ4v) is 6.81. The van der Waals surface area contributed by atoms with Crippen molar-refractivity contribution < 1.29 is 19.5 Å². The minimum atomic E-state index is -1.88. The first-order valence-corrected chi connectivity index (χ1v) is 14.3. The van der Waals surface area contributed by atoms with Gasteiger partial charge in [-0.15, -0.1) is 0 Å². The summed E-state index contributed by atoms with van der Waals surface area (Å²) in [5, 5.41) is 35.3. The van der Waals surface area contributed by atoms with Gasteiger partial charge in [0.2, 0.25) is 0 Å². The van der Waals surface area contributed by atoms with Crippen molar-refractivity contribution in [2.45, 2.75) is 43.9 Å². The Labute approximate surface area is 255 Å². The third-order valence-electron chi connectivity index (χ3n) is 8.41. The molecular weight excluding hydrogens is 552 g/mol. The zero-order valence-electron chi connectivity index (χ0n) is 24.5. The maximum absolute atomic E-state index is 14.9. The lowest BCUT2D eigenvalue weighted by Crippen LogP contribution is -2.53. The molecule has 0 bridgehead atoms. The molecule has 2 amide bonds. The number of allylic oxidation sites excluding steroid dienone is 1. The molecule has 1 saturated heterocycles. The largest absolute Gasteiger partial charge is 0.443 e. The molecule has 6 rings (SSSR count). The van der Waals surface area contributed by atoms with Crippen molar-refractivity contribution in [1.82, 2.24) is 5.06 Å². The number of fused-ring (bicyclic) bond motifs is 3. The highest BCUT2D eigenvalue weighted by Crippen LogP contribution is 2.64. The smallest absolute Gasteiger partial charge is 0.421 e. The number of nitriles is 2. The second-order valence-electron chi connectivity index (χ2n) is 12.0. The second-order valence-corrected chi connectivity index (χ2v) is 12.0. The Morgan fingerprint density at radius 2 is 1.55 bits per heavy atom. The number of hydrogen-bond donors (Lipinski definition) is 1. The van der Waals surface area contributed by atoms with Gasteiger partial charge >= 0.3 is 6.09 Å². The predicted octanol–water partition coefficient (Wildman–Crippen LogP) is 7.14. The predicted molar refractivity (Wildman–Crippen MR) is 164 cm³/mol. The number of imide groups is 1. The zero-order chi connectivity index (χ0) is 31.2. The average Bonchev–Trinajstić information content (AvgIpc) is 3.43. The number of nitrogens with zero attached hydrogens (tertiary/aromatic N) is 4. The Bertz CT molecular complexity index is 1880.